The summed E-state index contributed by atoms with van der Waals surface area (Å²) in [6.45, 7) is 12.8. The van der Waals surface area contributed by atoms with Crippen LogP contribution in [0.25, 0.3) is 0 Å². The summed E-state index contributed by atoms with van der Waals surface area (Å²) in [4.78, 5) is 2.72. The van der Waals surface area contributed by atoms with Crippen molar-refractivity contribution in [2.75, 3.05) is 19.6 Å². The van der Waals surface area contributed by atoms with Crippen molar-refractivity contribution in [3.63, 3.8) is 0 Å². The smallest absolute Gasteiger partial charge is 0.0558 e. The second kappa shape index (κ2) is 7.42. The summed E-state index contributed by atoms with van der Waals surface area (Å²) >= 11 is 0. The maximum atomic E-state index is 3.75. The molecule has 21 heavy (non-hydrogen) atoms. The first-order valence-electron chi connectivity index (χ1n) is 8.60. The van der Waals surface area contributed by atoms with Gasteiger partial charge in [0.15, 0.2) is 0 Å². The van der Waals surface area contributed by atoms with Crippen LogP contribution in [0.5, 0.6) is 0 Å². The van der Waals surface area contributed by atoms with Gasteiger partial charge in [-0.05, 0) is 44.2 Å². The molecule has 1 aliphatic rings. The maximum Gasteiger partial charge on any atom is 0.0558 e. The van der Waals surface area contributed by atoms with Crippen LogP contribution in [0.3, 0.4) is 0 Å². The van der Waals surface area contributed by atoms with Crippen molar-refractivity contribution in [1.82, 2.24) is 10.2 Å². The first-order valence-corrected chi connectivity index (χ1v) is 8.60. The molecule has 0 aliphatic carbocycles. The molecular formula is C19H32N2. The van der Waals surface area contributed by atoms with Crippen molar-refractivity contribution in [3.05, 3.63) is 35.9 Å². The molecule has 2 atom stereocenters. The van der Waals surface area contributed by atoms with Crippen LogP contribution in [0.15, 0.2) is 30.3 Å². The summed E-state index contributed by atoms with van der Waals surface area (Å²) in [7, 11) is 0. The molecule has 2 unspecified atom stereocenters. The van der Waals surface area contributed by atoms with Gasteiger partial charge in [0.05, 0.1) is 5.54 Å². The van der Waals surface area contributed by atoms with E-state index in [9.17, 15) is 0 Å². The summed E-state index contributed by atoms with van der Waals surface area (Å²) < 4.78 is 0. The van der Waals surface area contributed by atoms with Gasteiger partial charge in [0.2, 0.25) is 0 Å². The zero-order valence-corrected chi connectivity index (χ0v) is 14.2. The summed E-state index contributed by atoms with van der Waals surface area (Å²) in [5.41, 5.74) is 1.57. The number of hydrogen-bond donors (Lipinski definition) is 1. The van der Waals surface area contributed by atoms with E-state index in [1.807, 2.05) is 0 Å². The van der Waals surface area contributed by atoms with Crippen molar-refractivity contribution in [3.8, 4) is 0 Å². The van der Waals surface area contributed by atoms with Crippen molar-refractivity contribution >= 4 is 0 Å². The van der Waals surface area contributed by atoms with Gasteiger partial charge in [-0.25, -0.2) is 0 Å². The predicted octanol–water partition coefficient (Wildman–Crippen LogP) is 4.02. The SMILES string of the molecule is CCC1CN(CCCC(C)C)C(C)(c2ccccc2)CN1. The second-order valence-corrected chi connectivity index (χ2v) is 7.11. The van der Waals surface area contributed by atoms with Crippen molar-refractivity contribution in [2.45, 2.75) is 58.5 Å². The molecule has 0 bridgehead atoms. The number of hydrogen-bond acceptors (Lipinski definition) is 2. The van der Waals surface area contributed by atoms with Crippen LogP contribution < -0.4 is 5.32 Å². The molecule has 1 heterocycles. The third-order valence-corrected chi connectivity index (χ3v) is 4.97. The lowest BCUT2D eigenvalue weighted by Crippen LogP contribution is -2.61. The number of piperazine rings is 1. The van der Waals surface area contributed by atoms with E-state index in [1.165, 1.54) is 37.9 Å². The van der Waals surface area contributed by atoms with Crippen LogP contribution in [-0.4, -0.2) is 30.6 Å². The molecule has 1 N–H and O–H groups in total. The predicted molar refractivity (Wildman–Crippen MR) is 91.5 cm³/mol. The Balaban J connectivity index is 2.12. The Hall–Kier alpha value is -0.860. The van der Waals surface area contributed by atoms with Gasteiger partial charge >= 0.3 is 0 Å². The Morgan fingerprint density at radius 3 is 2.62 bits per heavy atom. The van der Waals surface area contributed by atoms with Gasteiger partial charge in [0.25, 0.3) is 0 Å². The molecule has 118 valence electrons. The van der Waals surface area contributed by atoms with E-state index in [2.05, 4.69) is 68.2 Å². The number of benzene rings is 1. The zero-order chi connectivity index (χ0) is 15.3. The Morgan fingerprint density at radius 2 is 2.00 bits per heavy atom. The normalized spacial score (nSPS) is 27.2. The Bertz CT molecular complexity index is 415. The monoisotopic (exact) mass is 288 g/mol. The van der Waals surface area contributed by atoms with E-state index >= 15 is 0 Å². The van der Waals surface area contributed by atoms with Gasteiger partial charge in [-0.2, -0.15) is 0 Å². The fourth-order valence-electron chi connectivity index (χ4n) is 3.37. The summed E-state index contributed by atoms with van der Waals surface area (Å²) in [6, 6.07) is 11.6. The van der Waals surface area contributed by atoms with Gasteiger partial charge in [-0.3, -0.25) is 4.90 Å². The minimum atomic E-state index is 0.129. The van der Waals surface area contributed by atoms with Gasteiger partial charge in [-0.15, -0.1) is 0 Å². The third kappa shape index (κ3) is 4.08. The lowest BCUT2D eigenvalue weighted by molar-refractivity contribution is 0.0464. The molecule has 2 rings (SSSR count). The van der Waals surface area contributed by atoms with E-state index in [-0.39, 0.29) is 5.54 Å². The average Bonchev–Trinajstić information content (AvgIpc) is 2.50. The van der Waals surface area contributed by atoms with E-state index in [0.29, 0.717) is 6.04 Å². The third-order valence-electron chi connectivity index (χ3n) is 4.97. The fourth-order valence-corrected chi connectivity index (χ4v) is 3.37. The molecule has 2 nitrogen and oxygen atoms in total. The van der Waals surface area contributed by atoms with Crippen LogP contribution >= 0.6 is 0 Å². The molecule has 1 aromatic carbocycles. The van der Waals surface area contributed by atoms with Gasteiger partial charge < -0.3 is 5.32 Å². The van der Waals surface area contributed by atoms with E-state index in [1.54, 1.807) is 0 Å². The molecular weight excluding hydrogens is 256 g/mol. The van der Waals surface area contributed by atoms with Crippen LogP contribution in [-0.2, 0) is 5.54 Å². The summed E-state index contributed by atoms with van der Waals surface area (Å²) in [6.07, 6.45) is 3.84. The molecule has 0 amide bonds. The molecule has 1 aromatic rings. The molecule has 1 saturated heterocycles. The van der Waals surface area contributed by atoms with Crippen molar-refractivity contribution < 1.29 is 0 Å². The van der Waals surface area contributed by atoms with Crippen molar-refractivity contribution in [1.29, 1.82) is 0 Å². The number of nitrogens with one attached hydrogen (secondary N) is 1. The molecule has 1 fully saturated rings. The molecule has 0 radical (unpaired) electrons. The Morgan fingerprint density at radius 1 is 1.29 bits per heavy atom. The lowest BCUT2D eigenvalue weighted by atomic mass is 9.86. The first-order chi connectivity index (χ1) is 10.1. The standard InChI is InChI=1S/C19H32N2/c1-5-18-14-21(13-9-10-16(2)3)19(4,15-20-18)17-11-7-6-8-12-17/h6-8,11-12,16,18,20H,5,9-10,13-15H2,1-4H3. The highest BCUT2D eigenvalue weighted by Crippen LogP contribution is 2.31. The molecule has 0 aromatic heterocycles. The quantitative estimate of drug-likeness (QED) is 0.850. The average molecular weight is 288 g/mol. The van der Waals surface area contributed by atoms with Crippen molar-refractivity contribution in [2.24, 2.45) is 5.92 Å². The van der Waals surface area contributed by atoms with E-state index in [0.717, 1.165) is 12.5 Å². The van der Waals surface area contributed by atoms with Crippen LogP contribution in [0.2, 0.25) is 0 Å². The van der Waals surface area contributed by atoms with Gasteiger partial charge in [0, 0.05) is 19.1 Å². The zero-order valence-electron chi connectivity index (χ0n) is 14.2. The maximum absolute atomic E-state index is 3.75. The fraction of sp³-hybridized carbons (Fsp3) is 0.684. The van der Waals surface area contributed by atoms with Crippen LogP contribution in [0.4, 0.5) is 0 Å². The topological polar surface area (TPSA) is 15.3 Å². The van der Waals surface area contributed by atoms with E-state index < -0.39 is 0 Å². The molecule has 0 saturated carbocycles. The van der Waals surface area contributed by atoms with Gasteiger partial charge in [0.1, 0.15) is 0 Å². The highest BCUT2D eigenvalue weighted by Gasteiger charge is 2.38. The van der Waals surface area contributed by atoms with Crippen LogP contribution in [0.1, 0.15) is 52.5 Å². The summed E-state index contributed by atoms with van der Waals surface area (Å²) in [5, 5.41) is 3.75. The number of nitrogens with zero attached hydrogens (tertiary/aromatic N) is 1. The molecule has 2 heteroatoms. The molecule has 0 spiro atoms. The highest BCUT2D eigenvalue weighted by atomic mass is 15.3. The van der Waals surface area contributed by atoms with E-state index in [4.69, 9.17) is 0 Å². The highest BCUT2D eigenvalue weighted by molar-refractivity contribution is 5.25. The lowest BCUT2D eigenvalue weighted by Gasteiger charge is -2.48. The number of rotatable bonds is 6. The van der Waals surface area contributed by atoms with Crippen LogP contribution in [0, 0.1) is 5.92 Å². The summed E-state index contributed by atoms with van der Waals surface area (Å²) in [5.74, 6) is 0.804. The Kier molecular flexibility index (Phi) is 5.83. The minimum absolute atomic E-state index is 0.129. The minimum Gasteiger partial charge on any atom is -0.311 e. The largest absolute Gasteiger partial charge is 0.311 e. The first kappa shape index (κ1) is 16.5. The Labute approximate surface area is 130 Å². The second-order valence-electron chi connectivity index (χ2n) is 7.11. The molecule has 1 aliphatic heterocycles. The van der Waals surface area contributed by atoms with Gasteiger partial charge in [-0.1, -0.05) is 51.1 Å².